The smallest absolute Gasteiger partial charge is 0.319 e. The molecule has 1 atom stereocenters. The highest BCUT2D eigenvalue weighted by Crippen LogP contribution is 2.45. The minimum absolute atomic E-state index is 0.0365. The van der Waals surface area contributed by atoms with E-state index in [0.717, 1.165) is 17.7 Å². The molecule has 1 unspecified atom stereocenters. The molecule has 0 spiro atoms. The van der Waals surface area contributed by atoms with Crippen LogP contribution in [0, 0.1) is 0 Å². The van der Waals surface area contributed by atoms with Crippen molar-refractivity contribution in [2.24, 2.45) is 0 Å². The van der Waals surface area contributed by atoms with Crippen molar-refractivity contribution in [1.82, 2.24) is 29.3 Å². The van der Waals surface area contributed by atoms with Gasteiger partial charge in [0.05, 0.1) is 18.4 Å². The largest absolute Gasteiger partial charge is 0.493 e. The zero-order chi connectivity index (χ0) is 25.6. The molecule has 2 amide bonds. The van der Waals surface area contributed by atoms with Crippen LogP contribution in [-0.4, -0.2) is 73.0 Å². The summed E-state index contributed by atoms with van der Waals surface area (Å²) >= 11 is 6.18. The first-order valence-corrected chi connectivity index (χ1v) is 12.2. The van der Waals surface area contributed by atoms with Crippen LogP contribution in [0.25, 0.3) is 11.4 Å². The number of likely N-dealkylation sites (tertiary alicyclic amines) is 1. The molecule has 3 aromatic rings. The molecule has 0 saturated carbocycles. The van der Waals surface area contributed by atoms with E-state index in [1.807, 2.05) is 47.6 Å². The van der Waals surface area contributed by atoms with Gasteiger partial charge in [-0.2, -0.15) is 4.98 Å². The van der Waals surface area contributed by atoms with Crippen LogP contribution in [-0.2, 0) is 4.79 Å². The molecule has 0 radical (unpaired) electrons. The molecule has 0 aliphatic carbocycles. The van der Waals surface area contributed by atoms with Crippen LogP contribution >= 0.6 is 11.6 Å². The summed E-state index contributed by atoms with van der Waals surface area (Å²) in [4.78, 5) is 41.7. The highest BCUT2D eigenvalue weighted by Gasteiger charge is 2.47. The number of methoxy groups -OCH3 is 1. The van der Waals surface area contributed by atoms with Gasteiger partial charge in [-0.3, -0.25) is 9.59 Å². The Morgan fingerprint density at radius 3 is 2.44 bits per heavy atom. The van der Waals surface area contributed by atoms with Crippen LogP contribution in [0.1, 0.15) is 60.5 Å². The average Bonchev–Trinajstić information content (AvgIpc) is 3.39. The summed E-state index contributed by atoms with van der Waals surface area (Å²) < 4.78 is 6.99. The Kier molecular flexibility index (Phi) is 6.29. The van der Waals surface area contributed by atoms with Gasteiger partial charge in [-0.25, -0.2) is 9.97 Å². The van der Waals surface area contributed by atoms with Gasteiger partial charge in [0.15, 0.2) is 5.69 Å². The van der Waals surface area contributed by atoms with Gasteiger partial charge >= 0.3 is 6.01 Å². The van der Waals surface area contributed by atoms with E-state index in [4.69, 9.17) is 21.3 Å². The van der Waals surface area contributed by atoms with E-state index in [9.17, 15) is 14.7 Å². The van der Waals surface area contributed by atoms with Gasteiger partial charge in [0.25, 0.3) is 5.91 Å². The summed E-state index contributed by atoms with van der Waals surface area (Å²) in [5.41, 5.74) is 2.31. The number of carbonyl (C=O) groups is 2. The van der Waals surface area contributed by atoms with Crippen LogP contribution in [0.15, 0.2) is 30.5 Å². The van der Waals surface area contributed by atoms with Gasteiger partial charge in [0.1, 0.15) is 11.9 Å². The van der Waals surface area contributed by atoms with Crippen LogP contribution in [0.2, 0.25) is 5.02 Å². The average molecular weight is 511 g/mol. The first-order valence-electron chi connectivity index (χ1n) is 11.8. The molecule has 2 aliphatic rings. The first kappa shape index (κ1) is 24.1. The Labute approximate surface area is 213 Å². The van der Waals surface area contributed by atoms with E-state index in [-0.39, 0.29) is 29.9 Å². The number of aromatic hydroxyl groups is 1. The third-order valence-electron chi connectivity index (χ3n) is 6.84. The highest BCUT2D eigenvalue weighted by atomic mass is 35.5. The van der Waals surface area contributed by atoms with E-state index in [2.05, 4.69) is 9.97 Å². The molecule has 36 heavy (non-hydrogen) atoms. The number of hydrogen-bond acceptors (Lipinski definition) is 7. The predicted octanol–water partition coefficient (Wildman–Crippen LogP) is 3.45. The minimum atomic E-state index is -0.400. The number of halogens is 1. The molecular formula is C25H27ClN6O4. The third kappa shape index (κ3) is 3.95. The van der Waals surface area contributed by atoms with Crippen molar-refractivity contribution in [2.75, 3.05) is 20.2 Å². The molecule has 10 nitrogen and oxygen atoms in total. The molecule has 1 saturated heterocycles. The monoisotopic (exact) mass is 510 g/mol. The molecule has 11 heteroatoms. The van der Waals surface area contributed by atoms with Gasteiger partial charge in [-0.15, -0.1) is 0 Å². The zero-order valence-corrected chi connectivity index (χ0v) is 21.0. The highest BCUT2D eigenvalue weighted by molar-refractivity contribution is 6.30. The van der Waals surface area contributed by atoms with Crippen molar-refractivity contribution < 1.29 is 19.4 Å². The van der Waals surface area contributed by atoms with Crippen LogP contribution in [0.3, 0.4) is 0 Å². The summed E-state index contributed by atoms with van der Waals surface area (Å²) in [7, 11) is 1.42. The number of aromatic nitrogens is 4. The van der Waals surface area contributed by atoms with Crippen molar-refractivity contribution in [2.45, 2.75) is 44.8 Å². The zero-order valence-electron chi connectivity index (χ0n) is 20.3. The lowest BCUT2D eigenvalue weighted by Gasteiger charge is -2.39. The molecule has 0 bridgehead atoms. The fourth-order valence-electron chi connectivity index (χ4n) is 5.17. The van der Waals surface area contributed by atoms with Crippen molar-refractivity contribution in [3.8, 4) is 23.3 Å². The van der Waals surface area contributed by atoms with E-state index >= 15 is 0 Å². The molecular weight excluding hydrogens is 484 g/mol. The number of amides is 2. The standard InChI is InChI=1S/C25H27ClN6O4/c1-14(2)31-21-19(28-22(31)18-12-27-25(36-3)29-23(18)34)24(35)32(17-8-10-30(13-33)11-9-17)20(21)15-4-6-16(26)7-5-15/h4-7,12-14,17,20H,8-11H2,1-3H3,(H,27,29,34). The van der Waals surface area contributed by atoms with Gasteiger partial charge in [-0.05, 0) is 44.4 Å². The lowest BCUT2D eigenvalue weighted by atomic mass is 9.98. The Bertz CT molecular complexity index is 1300. The van der Waals surface area contributed by atoms with Gasteiger partial charge < -0.3 is 24.2 Å². The topological polar surface area (TPSA) is 114 Å². The first-order chi connectivity index (χ1) is 17.3. The second kappa shape index (κ2) is 9.42. The second-order valence-electron chi connectivity index (χ2n) is 9.27. The van der Waals surface area contributed by atoms with E-state index < -0.39 is 6.04 Å². The van der Waals surface area contributed by atoms with Crippen LogP contribution in [0.5, 0.6) is 11.9 Å². The molecule has 2 aromatic heterocycles. The summed E-state index contributed by atoms with van der Waals surface area (Å²) in [6, 6.07) is 6.97. The number of piperidine rings is 1. The maximum Gasteiger partial charge on any atom is 0.319 e. The third-order valence-corrected chi connectivity index (χ3v) is 7.09. The van der Waals surface area contributed by atoms with Crippen molar-refractivity contribution in [3.05, 3.63) is 52.4 Å². The number of nitrogens with zero attached hydrogens (tertiary/aromatic N) is 6. The van der Waals surface area contributed by atoms with Crippen molar-refractivity contribution in [1.29, 1.82) is 0 Å². The molecule has 5 rings (SSSR count). The number of hydrogen-bond donors (Lipinski definition) is 1. The molecule has 1 aromatic carbocycles. The molecule has 1 fully saturated rings. The summed E-state index contributed by atoms with van der Waals surface area (Å²) in [5.74, 6) is -0.0389. The lowest BCUT2D eigenvalue weighted by molar-refractivity contribution is -0.119. The number of carbonyl (C=O) groups excluding carboxylic acids is 2. The van der Waals surface area contributed by atoms with Crippen LogP contribution in [0.4, 0.5) is 0 Å². The summed E-state index contributed by atoms with van der Waals surface area (Å²) in [5, 5.41) is 11.2. The Balaban J connectivity index is 1.66. The number of rotatable bonds is 6. The number of ether oxygens (including phenoxy) is 1. The number of imidazole rings is 1. The summed E-state index contributed by atoms with van der Waals surface area (Å²) in [6.07, 6.45) is 3.67. The van der Waals surface area contributed by atoms with Crippen molar-refractivity contribution >= 4 is 23.9 Å². The number of benzene rings is 1. The van der Waals surface area contributed by atoms with E-state index in [1.165, 1.54) is 13.3 Å². The Morgan fingerprint density at radius 2 is 1.86 bits per heavy atom. The normalized spacial score (nSPS) is 18.1. The maximum absolute atomic E-state index is 13.9. The van der Waals surface area contributed by atoms with Crippen LogP contribution < -0.4 is 4.74 Å². The van der Waals surface area contributed by atoms with Gasteiger partial charge in [0.2, 0.25) is 12.3 Å². The van der Waals surface area contributed by atoms with Gasteiger partial charge in [0, 0.05) is 36.4 Å². The predicted molar refractivity (Wildman–Crippen MR) is 132 cm³/mol. The molecule has 1 N–H and O–H groups in total. The Hall–Kier alpha value is -3.66. The Morgan fingerprint density at radius 1 is 1.17 bits per heavy atom. The molecule has 4 heterocycles. The lowest BCUT2D eigenvalue weighted by Crippen LogP contribution is -2.46. The fourth-order valence-corrected chi connectivity index (χ4v) is 5.30. The molecule has 2 aliphatic heterocycles. The molecule has 188 valence electrons. The maximum atomic E-state index is 13.9. The quantitative estimate of drug-likeness (QED) is 0.505. The fraction of sp³-hybridized carbons (Fsp3) is 0.400. The van der Waals surface area contributed by atoms with E-state index in [0.29, 0.717) is 48.0 Å². The number of fused-ring (bicyclic) bond motifs is 1. The van der Waals surface area contributed by atoms with E-state index in [1.54, 1.807) is 4.90 Å². The summed E-state index contributed by atoms with van der Waals surface area (Å²) in [6.45, 7) is 5.19. The second-order valence-corrected chi connectivity index (χ2v) is 9.70. The SMILES string of the molecule is COc1ncc(-c2nc3c(n2C(C)C)C(c2ccc(Cl)cc2)N(C2CCN(C=O)CC2)C3=O)c(O)n1. The minimum Gasteiger partial charge on any atom is -0.493 e. The van der Waals surface area contributed by atoms with Gasteiger partial charge in [-0.1, -0.05) is 23.7 Å². The van der Waals surface area contributed by atoms with Crippen molar-refractivity contribution in [3.63, 3.8) is 0 Å².